The summed E-state index contributed by atoms with van der Waals surface area (Å²) in [6.45, 7) is 1.62. The number of anilines is 1. The third kappa shape index (κ3) is 6.18. The molecule has 2 aliphatic rings. The molecule has 8 nitrogen and oxygen atoms in total. The molecule has 0 aromatic heterocycles. The predicted molar refractivity (Wildman–Crippen MR) is 124 cm³/mol. The fraction of sp³-hybridized carbons (Fsp3) is 0.348. The summed E-state index contributed by atoms with van der Waals surface area (Å²) in [6.07, 6.45) is -2.15. The van der Waals surface area contributed by atoms with Crippen LogP contribution in [-0.4, -0.2) is 59.9 Å². The Bertz CT molecular complexity index is 1130. The summed E-state index contributed by atoms with van der Waals surface area (Å²) in [4.78, 5) is 37.3. The number of fused-ring (bicyclic) bond motifs is 1. The van der Waals surface area contributed by atoms with Crippen LogP contribution in [0.15, 0.2) is 36.4 Å². The monoisotopic (exact) mass is 508 g/mol. The van der Waals surface area contributed by atoms with Crippen molar-refractivity contribution in [1.82, 2.24) is 15.8 Å². The average Bonchev–Trinajstić information content (AvgIpc) is 3.31. The number of hydrazine groups is 1. The first-order chi connectivity index (χ1) is 16.8. The lowest BCUT2D eigenvalue weighted by Gasteiger charge is -2.32. The molecule has 186 valence electrons. The zero-order valence-corrected chi connectivity index (χ0v) is 19.3. The summed E-state index contributed by atoms with van der Waals surface area (Å²) < 4.78 is 44.5. The van der Waals surface area contributed by atoms with Gasteiger partial charge in [0.25, 0.3) is 5.91 Å². The van der Waals surface area contributed by atoms with E-state index in [4.69, 9.17) is 4.74 Å². The maximum Gasteiger partial charge on any atom is 0.321 e. The maximum atomic E-state index is 14.6. The number of amides is 4. The van der Waals surface area contributed by atoms with E-state index in [9.17, 15) is 27.6 Å². The van der Waals surface area contributed by atoms with Crippen molar-refractivity contribution in [1.29, 1.82) is 0 Å². The Balaban J connectivity index is 1.32. The van der Waals surface area contributed by atoms with Gasteiger partial charge in [-0.25, -0.2) is 9.18 Å². The summed E-state index contributed by atoms with van der Waals surface area (Å²) in [5.74, 6) is -1.69. The van der Waals surface area contributed by atoms with Crippen molar-refractivity contribution in [2.24, 2.45) is 0 Å². The Hall–Kier alpha value is -3.41. The van der Waals surface area contributed by atoms with Gasteiger partial charge in [0.1, 0.15) is 11.6 Å². The van der Waals surface area contributed by atoms with Gasteiger partial charge in [-0.2, -0.15) is 20.5 Å². The lowest BCUT2D eigenvalue weighted by atomic mass is 10.1. The second-order valence-corrected chi connectivity index (χ2v) is 9.45. The number of nitrogens with zero attached hydrogens (tertiary/aromatic N) is 1. The number of rotatable bonds is 5. The fourth-order valence-corrected chi connectivity index (χ4v) is 5.08. The summed E-state index contributed by atoms with van der Waals surface area (Å²) in [6, 6.07) is 9.07. The number of nitrogens with one attached hydrogen (secondary N) is 3. The van der Waals surface area contributed by atoms with E-state index in [0.717, 1.165) is 23.8 Å². The third-order valence-electron chi connectivity index (χ3n) is 5.63. The molecule has 0 bridgehead atoms. The smallest absolute Gasteiger partial charge is 0.321 e. The van der Waals surface area contributed by atoms with Gasteiger partial charge < -0.3 is 15.0 Å². The van der Waals surface area contributed by atoms with Crippen molar-refractivity contribution in [3.05, 3.63) is 58.9 Å². The minimum Gasteiger partial charge on any atom is -0.493 e. The van der Waals surface area contributed by atoms with E-state index >= 15 is 0 Å². The molecule has 0 aliphatic carbocycles. The summed E-state index contributed by atoms with van der Waals surface area (Å²) in [5, 5.41) is 2.86. The molecule has 1 saturated heterocycles. The lowest BCUT2D eigenvalue weighted by molar-refractivity contribution is -0.132. The van der Waals surface area contributed by atoms with Gasteiger partial charge in [-0.1, -0.05) is 6.07 Å². The van der Waals surface area contributed by atoms with E-state index in [2.05, 4.69) is 5.32 Å². The van der Waals surface area contributed by atoms with Crippen molar-refractivity contribution in [3.63, 3.8) is 0 Å². The first kappa shape index (κ1) is 24.7. The highest BCUT2D eigenvalue weighted by molar-refractivity contribution is 8.00. The van der Waals surface area contributed by atoms with Gasteiger partial charge in [0.15, 0.2) is 0 Å². The average molecular weight is 509 g/mol. The largest absolute Gasteiger partial charge is 0.493 e. The van der Waals surface area contributed by atoms with Crippen molar-refractivity contribution >= 4 is 35.3 Å². The number of halogens is 3. The Morgan fingerprint density at radius 1 is 1.14 bits per heavy atom. The highest BCUT2D eigenvalue weighted by atomic mass is 32.2. The van der Waals surface area contributed by atoms with Crippen LogP contribution in [0.1, 0.15) is 21.5 Å². The van der Waals surface area contributed by atoms with Crippen LogP contribution in [0.25, 0.3) is 0 Å². The Morgan fingerprint density at radius 3 is 2.74 bits per heavy atom. The molecule has 4 rings (SSSR count). The molecule has 2 aromatic rings. The molecule has 3 N–H and O–H groups in total. The molecular formula is C23H23F3N4O4S. The van der Waals surface area contributed by atoms with Crippen molar-refractivity contribution in [3.8, 4) is 5.75 Å². The number of urea groups is 1. The standard InChI is InChI=1S/C23H23F3N4O4S/c24-18-11-15(21(31)28-29-22(32)20(25)26)2-1-13(18)10-17-12-30(6-8-35-17)23(33)27-16-3-4-19-14(9-16)5-7-34-19/h1-4,9,11,17,20H,5-8,10,12H2,(H,27,33)(H,28,31)(H,29,32). The number of carbonyl (C=O) groups is 3. The van der Waals surface area contributed by atoms with E-state index in [1.165, 1.54) is 12.1 Å². The molecule has 12 heteroatoms. The molecular weight excluding hydrogens is 485 g/mol. The quantitative estimate of drug-likeness (QED) is 0.540. The summed E-state index contributed by atoms with van der Waals surface area (Å²) >= 11 is 1.63. The van der Waals surface area contributed by atoms with Gasteiger partial charge in [0, 0.05) is 41.8 Å². The van der Waals surface area contributed by atoms with Crippen LogP contribution in [0.4, 0.5) is 23.7 Å². The van der Waals surface area contributed by atoms with E-state index in [1.807, 2.05) is 17.6 Å². The number of hydrogen-bond donors (Lipinski definition) is 3. The van der Waals surface area contributed by atoms with E-state index < -0.39 is 24.1 Å². The lowest BCUT2D eigenvalue weighted by Crippen LogP contribution is -2.44. The topological polar surface area (TPSA) is 99.8 Å². The third-order valence-corrected chi connectivity index (χ3v) is 6.83. The van der Waals surface area contributed by atoms with Crippen molar-refractivity contribution < 1.29 is 32.3 Å². The number of alkyl halides is 2. The Kier molecular flexibility index (Phi) is 7.69. The zero-order valence-electron chi connectivity index (χ0n) is 18.5. The zero-order chi connectivity index (χ0) is 24.9. The number of thioether (sulfide) groups is 1. The number of carbonyl (C=O) groups excluding carboxylic acids is 3. The van der Waals surface area contributed by atoms with Gasteiger partial charge in [0.05, 0.1) is 6.61 Å². The first-order valence-corrected chi connectivity index (χ1v) is 11.9. The van der Waals surface area contributed by atoms with Crippen molar-refractivity contribution in [2.75, 3.05) is 30.8 Å². The summed E-state index contributed by atoms with van der Waals surface area (Å²) in [5.41, 5.74) is 5.35. The molecule has 0 saturated carbocycles. The van der Waals surface area contributed by atoms with Crippen LogP contribution in [0.2, 0.25) is 0 Å². The first-order valence-electron chi connectivity index (χ1n) is 10.9. The van der Waals surface area contributed by atoms with E-state index in [0.29, 0.717) is 43.1 Å². The predicted octanol–water partition coefficient (Wildman–Crippen LogP) is 2.98. The van der Waals surface area contributed by atoms with Crippen LogP contribution < -0.4 is 20.9 Å². The highest BCUT2D eigenvalue weighted by Gasteiger charge is 2.26. The molecule has 2 heterocycles. The molecule has 4 amide bonds. The molecule has 1 fully saturated rings. The van der Waals surface area contributed by atoms with Crippen LogP contribution >= 0.6 is 11.8 Å². The number of benzene rings is 2. The van der Waals surface area contributed by atoms with Crippen molar-refractivity contribution in [2.45, 2.75) is 24.5 Å². The molecule has 1 unspecified atom stereocenters. The van der Waals surface area contributed by atoms with Gasteiger partial charge in [-0.05, 0) is 47.9 Å². The van der Waals surface area contributed by atoms with Crippen LogP contribution in [0, 0.1) is 5.82 Å². The molecule has 0 radical (unpaired) electrons. The maximum absolute atomic E-state index is 14.6. The van der Waals surface area contributed by atoms with E-state index in [1.54, 1.807) is 28.2 Å². The number of ether oxygens (including phenoxy) is 1. The SMILES string of the molecule is O=C(NNC(=O)C(F)F)c1ccc(CC2CN(C(=O)Nc3ccc4c(c3)CCO4)CCS2)c(F)c1. The van der Waals surface area contributed by atoms with Gasteiger partial charge in [-0.15, -0.1) is 0 Å². The van der Waals surface area contributed by atoms with Crippen LogP contribution in [0.3, 0.4) is 0 Å². The highest BCUT2D eigenvalue weighted by Crippen LogP contribution is 2.29. The van der Waals surface area contributed by atoms with E-state index in [-0.39, 0.29) is 16.8 Å². The molecule has 0 spiro atoms. The Labute approximate surface area is 203 Å². The molecule has 2 aliphatic heterocycles. The van der Waals surface area contributed by atoms with Gasteiger partial charge in [0.2, 0.25) is 0 Å². The Morgan fingerprint density at radius 2 is 1.97 bits per heavy atom. The second kappa shape index (κ2) is 10.9. The molecule has 35 heavy (non-hydrogen) atoms. The van der Waals surface area contributed by atoms with Gasteiger partial charge >= 0.3 is 18.4 Å². The molecule has 1 atom stereocenters. The number of hydrogen-bond acceptors (Lipinski definition) is 5. The van der Waals surface area contributed by atoms with Gasteiger partial charge in [-0.3, -0.25) is 20.4 Å². The van der Waals surface area contributed by atoms with Crippen LogP contribution in [0.5, 0.6) is 5.75 Å². The second-order valence-electron chi connectivity index (χ2n) is 8.04. The van der Waals surface area contributed by atoms with Crippen LogP contribution in [-0.2, 0) is 17.6 Å². The summed E-state index contributed by atoms with van der Waals surface area (Å²) in [7, 11) is 0. The fourth-order valence-electron chi connectivity index (χ4n) is 3.84. The minimum absolute atomic E-state index is 0.0533. The minimum atomic E-state index is -3.29. The molecule has 2 aromatic carbocycles. The normalized spacial score (nSPS) is 16.9.